The number of rotatable bonds is 7. The van der Waals surface area contributed by atoms with Crippen LogP contribution in [-0.4, -0.2) is 49.6 Å². The number of methoxy groups -OCH3 is 1. The first kappa shape index (κ1) is 16.3. The van der Waals surface area contributed by atoms with Crippen LogP contribution in [0.2, 0.25) is 0 Å². The maximum Gasteiger partial charge on any atom is 0.305 e. The van der Waals surface area contributed by atoms with E-state index >= 15 is 0 Å². The zero-order valence-corrected chi connectivity index (χ0v) is 11.8. The van der Waals surface area contributed by atoms with Crippen LogP contribution in [0.1, 0.15) is 19.8 Å². The van der Waals surface area contributed by atoms with Crippen LogP contribution in [0.5, 0.6) is 0 Å². The summed E-state index contributed by atoms with van der Waals surface area (Å²) in [5.74, 6) is -0.363. The zero-order valence-electron chi connectivity index (χ0n) is 10.2. The summed E-state index contributed by atoms with van der Waals surface area (Å²) >= 11 is 4.66. The molecule has 1 atom stereocenters. The van der Waals surface area contributed by atoms with Gasteiger partial charge in [0.25, 0.3) is 0 Å². The topological polar surface area (TPSA) is 89.7 Å². The number of nitrogens with zero attached hydrogens (tertiary/aromatic N) is 1. The van der Waals surface area contributed by atoms with Gasteiger partial charge in [0.15, 0.2) is 0 Å². The van der Waals surface area contributed by atoms with E-state index in [1.807, 2.05) is 0 Å². The minimum atomic E-state index is -3.53. The second-order valence-corrected chi connectivity index (χ2v) is 6.42. The van der Waals surface area contributed by atoms with Crippen molar-refractivity contribution in [2.24, 2.45) is 5.73 Å². The second kappa shape index (κ2) is 6.87. The van der Waals surface area contributed by atoms with Gasteiger partial charge in [0.2, 0.25) is 10.0 Å². The Morgan fingerprint density at radius 2 is 2.06 bits per heavy atom. The SMILES string of the molecule is COC(=O)CCCN(C)S(=O)(=O)C(C)C(N)=S. The van der Waals surface area contributed by atoms with E-state index in [-0.39, 0.29) is 23.9 Å². The molecule has 0 aromatic heterocycles. The Labute approximate surface area is 107 Å². The highest BCUT2D eigenvalue weighted by atomic mass is 32.2. The van der Waals surface area contributed by atoms with Gasteiger partial charge in [-0.2, -0.15) is 0 Å². The average Bonchev–Trinajstić information content (AvgIpc) is 2.27. The summed E-state index contributed by atoms with van der Waals surface area (Å²) in [5, 5.41) is -0.902. The zero-order chi connectivity index (χ0) is 13.6. The molecule has 0 aliphatic rings. The summed E-state index contributed by atoms with van der Waals surface area (Å²) in [7, 11) is -0.807. The van der Waals surface area contributed by atoms with Crippen LogP contribution in [0.3, 0.4) is 0 Å². The molecule has 17 heavy (non-hydrogen) atoms. The number of hydrogen-bond acceptors (Lipinski definition) is 5. The molecule has 0 rings (SSSR count). The molecule has 0 spiro atoms. The van der Waals surface area contributed by atoms with Crippen molar-refractivity contribution in [1.82, 2.24) is 4.31 Å². The maximum absolute atomic E-state index is 11.9. The highest BCUT2D eigenvalue weighted by Crippen LogP contribution is 2.08. The van der Waals surface area contributed by atoms with Crippen molar-refractivity contribution in [3.63, 3.8) is 0 Å². The van der Waals surface area contributed by atoms with E-state index in [1.165, 1.54) is 21.1 Å². The van der Waals surface area contributed by atoms with E-state index in [4.69, 9.17) is 5.73 Å². The first-order valence-corrected chi connectivity index (χ1v) is 6.96. The molecule has 6 nitrogen and oxygen atoms in total. The van der Waals surface area contributed by atoms with Crippen LogP contribution in [0, 0.1) is 0 Å². The van der Waals surface area contributed by atoms with Crippen molar-refractivity contribution in [2.45, 2.75) is 25.0 Å². The highest BCUT2D eigenvalue weighted by Gasteiger charge is 2.27. The summed E-state index contributed by atoms with van der Waals surface area (Å²) < 4.78 is 29.3. The van der Waals surface area contributed by atoms with E-state index in [1.54, 1.807) is 0 Å². The standard InChI is InChI=1S/C9H18N2O4S2/c1-7(9(10)16)17(13,14)11(2)6-4-5-8(12)15-3/h7H,4-6H2,1-3H3,(H2,10,16). The van der Waals surface area contributed by atoms with Gasteiger partial charge in [0, 0.05) is 20.0 Å². The van der Waals surface area contributed by atoms with E-state index in [9.17, 15) is 13.2 Å². The molecule has 100 valence electrons. The number of esters is 1. The molecule has 0 radical (unpaired) electrons. The molecular weight excluding hydrogens is 264 g/mol. The maximum atomic E-state index is 11.9. The molecule has 0 aliphatic carbocycles. The van der Waals surface area contributed by atoms with Gasteiger partial charge in [-0.25, -0.2) is 12.7 Å². The number of nitrogens with two attached hydrogens (primary N) is 1. The molecule has 0 aliphatic heterocycles. The van der Waals surface area contributed by atoms with Crippen LogP contribution in [-0.2, 0) is 19.6 Å². The highest BCUT2D eigenvalue weighted by molar-refractivity contribution is 7.92. The van der Waals surface area contributed by atoms with Crippen LogP contribution in [0.15, 0.2) is 0 Å². The van der Waals surface area contributed by atoms with Gasteiger partial charge >= 0.3 is 5.97 Å². The van der Waals surface area contributed by atoms with Gasteiger partial charge in [-0.1, -0.05) is 12.2 Å². The van der Waals surface area contributed by atoms with Gasteiger partial charge in [-0.15, -0.1) is 0 Å². The van der Waals surface area contributed by atoms with Crippen molar-refractivity contribution in [1.29, 1.82) is 0 Å². The normalized spacial score (nSPS) is 13.4. The molecule has 0 aromatic rings. The molecule has 0 fully saturated rings. The number of ether oxygens (including phenoxy) is 1. The molecule has 0 bridgehead atoms. The lowest BCUT2D eigenvalue weighted by Crippen LogP contribution is -2.41. The predicted molar refractivity (Wildman–Crippen MR) is 69.0 cm³/mol. The van der Waals surface area contributed by atoms with Gasteiger partial charge in [-0.3, -0.25) is 4.79 Å². The van der Waals surface area contributed by atoms with Crippen LogP contribution in [0.25, 0.3) is 0 Å². The minimum Gasteiger partial charge on any atom is -0.469 e. The van der Waals surface area contributed by atoms with E-state index in [0.29, 0.717) is 6.42 Å². The van der Waals surface area contributed by atoms with Crippen molar-refractivity contribution in [3.05, 3.63) is 0 Å². The van der Waals surface area contributed by atoms with Gasteiger partial charge < -0.3 is 10.5 Å². The first-order valence-electron chi connectivity index (χ1n) is 5.04. The number of thiocarbonyl (C=S) groups is 1. The predicted octanol–water partition coefficient (Wildman–Crippen LogP) is -0.124. The molecule has 0 saturated heterocycles. The molecule has 0 saturated carbocycles. The summed E-state index contributed by atoms with van der Waals surface area (Å²) in [6.07, 6.45) is 0.574. The molecule has 0 aromatic carbocycles. The van der Waals surface area contributed by atoms with Crippen LogP contribution < -0.4 is 5.73 Å². The lowest BCUT2D eigenvalue weighted by Gasteiger charge is -2.20. The summed E-state index contributed by atoms with van der Waals surface area (Å²) in [4.78, 5) is 10.8. The lowest BCUT2D eigenvalue weighted by molar-refractivity contribution is -0.140. The fraction of sp³-hybridized carbons (Fsp3) is 0.778. The largest absolute Gasteiger partial charge is 0.469 e. The smallest absolute Gasteiger partial charge is 0.305 e. The lowest BCUT2D eigenvalue weighted by atomic mass is 10.3. The van der Waals surface area contributed by atoms with Gasteiger partial charge in [0.05, 0.1) is 12.1 Å². The number of hydrogen-bond donors (Lipinski definition) is 1. The van der Waals surface area contributed by atoms with E-state index in [2.05, 4.69) is 17.0 Å². The average molecular weight is 282 g/mol. The summed E-state index contributed by atoms with van der Waals surface area (Å²) in [6.45, 7) is 1.67. The van der Waals surface area contributed by atoms with E-state index < -0.39 is 15.3 Å². The number of carbonyl (C=O) groups is 1. The van der Waals surface area contributed by atoms with Crippen LogP contribution >= 0.6 is 12.2 Å². The fourth-order valence-corrected chi connectivity index (χ4v) is 2.67. The third-order valence-corrected chi connectivity index (χ3v) is 5.07. The Morgan fingerprint density at radius 3 is 2.47 bits per heavy atom. The summed E-state index contributed by atoms with van der Waals surface area (Å²) in [5.41, 5.74) is 5.31. The van der Waals surface area contributed by atoms with Gasteiger partial charge in [0.1, 0.15) is 5.25 Å². The Bertz CT molecular complexity index is 380. The molecule has 2 N–H and O–H groups in total. The third kappa shape index (κ3) is 4.97. The van der Waals surface area contributed by atoms with Crippen molar-refractivity contribution in [3.8, 4) is 0 Å². The molecule has 1 unspecified atom stereocenters. The molecular formula is C9H18N2O4S2. The Morgan fingerprint density at radius 1 is 1.53 bits per heavy atom. The minimum absolute atomic E-state index is 0.0650. The molecule has 8 heteroatoms. The van der Waals surface area contributed by atoms with Crippen molar-refractivity contribution < 1.29 is 17.9 Å². The quantitative estimate of drug-likeness (QED) is 0.517. The Hall–Kier alpha value is -0.730. The summed E-state index contributed by atoms with van der Waals surface area (Å²) in [6, 6.07) is 0. The Kier molecular flexibility index (Phi) is 6.58. The Balaban J connectivity index is 4.36. The third-order valence-electron chi connectivity index (χ3n) is 2.36. The van der Waals surface area contributed by atoms with Crippen molar-refractivity contribution in [2.75, 3.05) is 20.7 Å². The van der Waals surface area contributed by atoms with E-state index in [0.717, 1.165) is 4.31 Å². The first-order chi connectivity index (χ1) is 7.73. The number of carbonyl (C=O) groups excluding carboxylic acids is 1. The van der Waals surface area contributed by atoms with Crippen LogP contribution in [0.4, 0.5) is 0 Å². The van der Waals surface area contributed by atoms with Crippen molar-refractivity contribution >= 4 is 33.2 Å². The monoisotopic (exact) mass is 282 g/mol. The van der Waals surface area contributed by atoms with Gasteiger partial charge in [-0.05, 0) is 13.3 Å². The second-order valence-electron chi connectivity index (χ2n) is 3.59. The number of sulfonamides is 1. The fourth-order valence-electron chi connectivity index (χ4n) is 1.09. The molecule has 0 amide bonds. The molecule has 0 heterocycles.